The highest BCUT2D eigenvalue weighted by Crippen LogP contribution is 2.40. The number of ether oxygens (including phenoxy) is 2. The van der Waals surface area contributed by atoms with Crippen molar-refractivity contribution in [2.24, 2.45) is 17.8 Å². The number of rotatable bonds is 12. The van der Waals surface area contributed by atoms with E-state index >= 15 is 0 Å². The van der Waals surface area contributed by atoms with E-state index in [4.69, 9.17) is 21.1 Å². The smallest absolute Gasteiger partial charge is 0.306 e. The first-order valence-electron chi connectivity index (χ1n) is 12.3. The Labute approximate surface area is 207 Å². The number of aliphatic hydroxyl groups excluding tert-OH is 2. The van der Waals surface area contributed by atoms with Crippen LogP contribution in [0, 0.1) is 17.8 Å². The number of benzene rings is 1. The van der Waals surface area contributed by atoms with Gasteiger partial charge in [0, 0.05) is 17.4 Å². The van der Waals surface area contributed by atoms with E-state index in [1.165, 1.54) is 5.57 Å². The summed E-state index contributed by atoms with van der Waals surface area (Å²) < 4.78 is 11.7. The van der Waals surface area contributed by atoms with Gasteiger partial charge in [-0.2, -0.15) is 0 Å². The van der Waals surface area contributed by atoms with E-state index in [0.717, 1.165) is 32.1 Å². The molecule has 0 amide bonds. The molecule has 6 nitrogen and oxygen atoms in total. The summed E-state index contributed by atoms with van der Waals surface area (Å²) in [4.78, 5) is 11.4. The van der Waals surface area contributed by atoms with Gasteiger partial charge < -0.3 is 24.8 Å². The molecule has 1 aromatic carbocycles. The number of halogens is 1. The SMILES string of the molecule is CCCC(CCCC1=CC[C@@H]2[C@@H](C=C[C@@H](O)COc3cccc(Cl)c3)[C@H](O)C[C@@H]2OC1)C(=O)O. The van der Waals surface area contributed by atoms with Gasteiger partial charge in [-0.3, -0.25) is 4.79 Å². The van der Waals surface area contributed by atoms with E-state index in [1.54, 1.807) is 30.3 Å². The molecular weight excluding hydrogens is 456 g/mol. The van der Waals surface area contributed by atoms with Crippen molar-refractivity contribution in [3.63, 3.8) is 0 Å². The maximum Gasteiger partial charge on any atom is 0.306 e. The monoisotopic (exact) mass is 492 g/mol. The molecular formula is C27H37ClO6. The molecule has 1 unspecified atom stereocenters. The minimum Gasteiger partial charge on any atom is -0.491 e. The Morgan fingerprint density at radius 1 is 1.35 bits per heavy atom. The molecule has 0 bridgehead atoms. The molecule has 1 aromatic rings. The van der Waals surface area contributed by atoms with E-state index in [1.807, 2.05) is 13.0 Å². The predicted molar refractivity (Wildman–Crippen MR) is 132 cm³/mol. The summed E-state index contributed by atoms with van der Waals surface area (Å²) in [6, 6.07) is 7.03. The third kappa shape index (κ3) is 7.84. The van der Waals surface area contributed by atoms with Crippen LogP contribution in [-0.2, 0) is 9.53 Å². The number of carboxylic acid groups (broad SMARTS) is 1. The van der Waals surface area contributed by atoms with Crippen LogP contribution in [0.3, 0.4) is 0 Å². The third-order valence-electron chi connectivity index (χ3n) is 6.86. The maximum atomic E-state index is 11.4. The second-order valence-corrected chi connectivity index (χ2v) is 9.86. The van der Waals surface area contributed by atoms with Gasteiger partial charge in [0.2, 0.25) is 0 Å². The Kier molecular flexibility index (Phi) is 10.5. The number of hydrogen-bond donors (Lipinski definition) is 3. The van der Waals surface area contributed by atoms with Crippen LogP contribution in [0.1, 0.15) is 51.9 Å². The molecule has 2 aliphatic rings. The number of allylic oxidation sites excluding steroid dienone is 1. The summed E-state index contributed by atoms with van der Waals surface area (Å²) in [5, 5.41) is 30.8. The molecule has 7 heteroatoms. The molecule has 1 aliphatic carbocycles. The Bertz CT molecular complexity index is 853. The van der Waals surface area contributed by atoms with E-state index in [2.05, 4.69) is 6.08 Å². The molecule has 6 atom stereocenters. The van der Waals surface area contributed by atoms with Gasteiger partial charge in [-0.1, -0.05) is 49.2 Å². The molecule has 34 heavy (non-hydrogen) atoms. The molecule has 0 radical (unpaired) electrons. The summed E-state index contributed by atoms with van der Waals surface area (Å²) in [7, 11) is 0. The maximum absolute atomic E-state index is 11.4. The van der Waals surface area contributed by atoms with Gasteiger partial charge in [-0.15, -0.1) is 0 Å². The summed E-state index contributed by atoms with van der Waals surface area (Å²) in [5.74, 6) is -0.319. The molecule has 0 saturated heterocycles. The summed E-state index contributed by atoms with van der Waals surface area (Å²) in [5.41, 5.74) is 1.21. The molecule has 0 spiro atoms. The minimum absolute atomic E-state index is 0.0230. The molecule has 188 valence electrons. The quantitative estimate of drug-likeness (QED) is 0.354. The van der Waals surface area contributed by atoms with E-state index in [0.29, 0.717) is 30.2 Å². The van der Waals surface area contributed by atoms with Crippen molar-refractivity contribution in [1.82, 2.24) is 0 Å². The van der Waals surface area contributed by atoms with Crippen LogP contribution < -0.4 is 4.74 Å². The minimum atomic E-state index is -0.798. The highest BCUT2D eigenvalue weighted by molar-refractivity contribution is 6.30. The first-order chi connectivity index (χ1) is 16.4. The van der Waals surface area contributed by atoms with Crippen LogP contribution in [0.4, 0.5) is 0 Å². The first kappa shape index (κ1) is 26.7. The summed E-state index contributed by atoms with van der Waals surface area (Å²) in [6.45, 7) is 2.65. The Balaban J connectivity index is 1.50. The van der Waals surface area contributed by atoms with Crippen LogP contribution >= 0.6 is 11.6 Å². The molecule has 1 fully saturated rings. The highest BCUT2D eigenvalue weighted by atomic mass is 35.5. The van der Waals surface area contributed by atoms with E-state index in [-0.39, 0.29) is 30.5 Å². The molecule has 3 rings (SSSR count). The number of hydrogen-bond acceptors (Lipinski definition) is 5. The normalized spacial score (nSPS) is 26.5. The average molecular weight is 493 g/mol. The second kappa shape index (κ2) is 13.3. The van der Waals surface area contributed by atoms with Gasteiger partial charge in [0.15, 0.2) is 0 Å². The number of fused-ring (bicyclic) bond motifs is 1. The van der Waals surface area contributed by atoms with Crippen molar-refractivity contribution >= 4 is 17.6 Å². The largest absolute Gasteiger partial charge is 0.491 e. The van der Waals surface area contributed by atoms with Gasteiger partial charge in [0.25, 0.3) is 0 Å². The fraction of sp³-hybridized carbons (Fsp3) is 0.593. The fourth-order valence-electron chi connectivity index (χ4n) is 4.99. The van der Waals surface area contributed by atoms with Crippen LogP contribution in [0.5, 0.6) is 5.75 Å². The van der Waals surface area contributed by atoms with Crippen molar-refractivity contribution in [1.29, 1.82) is 0 Å². The first-order valence-corrected chi connectivity index (χ1v) is 12.7. The van der Waals surface area contributed by atoms with Gasteiger partial charge in [0.05, 0.1) is 24.7 Å². The third-order valence-corrected chi connectivity index (χ3v) is 7.10. The molecule has 1 heterocycles. The van der Waals surface area contributed by atoms with Crippen molar-refractivity contribution in [2.45, 2.75) is 70.2 Å². The lowest BCUT2D eigenvalue weighted by molar-refractivity contribution is -0.142. The molecule has 0 aromatic heterocycles. The van der Waals surface area contributed by atoms with Gasteiger partial charge in [-0.25, -0.2) is 0 Å². The lowest BCUT2D eigenvalue weighted by Gasteiger charge is -2.20. The topological polar surface area (TPSA) is 96.2 Å². The van der Waals surface area contributed by atoms with Gasteiger partial charge in [-0.05, 0) is 61.8 Å². The van der Waals surface area contributed by atoms with Crippen LogP contribution in [0.2, 0.25) is 5.02 Å². The van der Waals surface area contributed by atoms with Crippen LogP contribution in [-0.4, -0.2) is 52.8 Å². The molecule has 1 saturated carbocycles. The Morgan fingerprint density at radius 2 is 2.18 bits per heavy atom. The van der Waals surface area contributed by atoms with Gasteiger partial charge in [0.1, 0.15) is 18.5 Å². The Morgan fingerprint density at radius 3 is 2.91 bits per heavy atom. The number of aliphatic carboxylic acids is 1. The molecule has 1 aliphatic heterocycles. The standard InChI is InChI=1S/C27H37ClO6/c1-2-5-19(27(31)32)7-3-6-18-10-12-24-23(25(30)15-26(24)34-16-18)13-11-21(29)17-33-22-9-4-8-20(28)14-22/h4,8-11,13-14,19,21,23-26,29-30H,2-3,5-7,12,15-17H2,1H3,(H,31,32)/t19?,21-,23-,24-,25-,26+/m1/s1. The van der Waals surface area contributed by atoms with Gasteiger partial charge >= 0.3 is 5.97 Å². The van der Waals surface area contributed by atoms with Crippen molar-refractivity contribution in [2.75, 3.05) is 13.2 Å². The zero-order valence-corrected chi connectivity index (χ0v) is 20.6. The lowest BCUT2D eigenvalue weighted by Crippen LogP contribution is -2.22. The predicted octanol–water partition coefficient (Wildman–Crippen LogP) is 5.02. The van der Waals surface area contributed by atoms with Crippen molar-refractivity contribution in [3.8, 4) is 5.75 Å². The zero-order chi connectivity index (χ0) is 24.5. The van der Waals surface area contributed by atoms with Crippen LogP contribution in [0.25, 0.3) is 0 Å². The number of carbonyl (C=O) groups is 1. The second-order valence-electron chi connectivity index (χ2n) is 9.43. The van der Waals surface area contributed by atoms with E-state index < -0.39 is 18.2 Å². The summed E-state index contributed by atoms with van der Waals surface area (Å²) in [6.07, 6.45) is 9.81. The Hall–Kier alpha value is -1.86. The molecule has 3 N–H and O–H groups in total. The van der Waals surface area contributed by atoms with Crippen molar-refractivity contribution in [3.05, 3.63) is 53.1 Å². The highest BCUT2D eigenvalue weighted by Gasteiger charge is 2.42. The zero-order valence-electron chi connectivity index (χ0n) is 19.8. The van der Waals surface area contributed by atoms with Crippen LogP contribution in [0.15, 0.2) is 48.1 Å². The fourth-order valence-corrected chi connectivity index (χ4v) is 5.17. The average Bonchev–Trinajstić information content (AvgIpc) is 2.97. The van der Waals surface area contributed by atoms with E-state index in [9.17, 15) is 20.1 Å². The lowest BCUT2D eigenvalue weighted by atomic mass is 9.89. The number of carboxylic acids is 1. The summed E-state index contributed by atoms with van der Waals surface area (Å²) >= 11 is 5.95. The van der Waals surface area contributed by atoms with Crippen molar-refractivity contribution < 1.29 is 29.6 Å². The number of aliphatic hydroxyl groups is 2.